The summed E-state index contributed by atoms with van der Waals surface area (Å²) >= 11 is 0. The van der Waals surface area contributed by atoms with Gasteiger partial charge in [-0.2, -0.15) is 0 Å². The summed E-state index contributed by atoms with van der Waals surface area (Å²) < 4.78 is 22.1. The maximum absolute atomic E-state index is 13.4. The number of nitrogens with zero attached hydrogens (tertiary/aromatic N) is 2. The molecular formula is C61H36N2O4. The molecule has 0 fully saturated rings. The van der Waals surface area contributed by atoms with Crippen LogP contribution >= 0.6 is 0 Å². The van der Waals surface area contributed by atoms with Crippen molar-refractivity contribution < 1.29 is 13.3 Å². The van der Waals surface area contributed by atoms with E-state index in [2.05, 4.69) is 161 Å². The topological polar surface area (TPSA) is 64.7 Å². The highest BCUT2D eigenvalue weighted by Crippen LogP contribution is 2.47. The molecule has 314 valence electrons. The van der Waals surface area contributed by atoms with Crippen molar-refractivity contribution in [2.24, 2.45) is 0 Å². The quantitative estimate of drug-likeness (QED) is 0.156. The first-order chi connectivity index (χ1) is 33.1. The molecule has 0 atom stereocenters. The van der Waals surface area contributed by atoms with Crippen LogP contribution in [0.3, 0.4) is 0 Å². The third kappa shape index (κ3) is 5.73. The zero-order chi connectivity index (χ0) is 44.2. The average molecular weight is 861 g/mol. The van der Waals surface area contributed by atoms with E-state index in [1.54, 1.807) is 0 Å². The second-order valence-electron chi connectivity index (χ2n) is 17.2. The summed E-state index contributed by atoms with van der Waals surface area (Å²) in [5, 5.41) is 7.60. The van der Waals surface area contributed by atoms with Crippen LogP contribution in [0.2, 0.25) is 0 Å². The van der Waals surface area contributed by atoms with E-state index >= 15 is 0 Å². The van der Waals surface area contributed by atoms with Gasteiger partial charge in [-0.1, -0.05) is 121 Å². The van der Waals surface area contributed by atoms with Crippen molar-refractivity contribution in [3.05, 3.63) is 229 Å². The van der Waals surface area contributed by atoms with Crippen LogP contribution in [0.4, 0.5) is 17.1 Å². The van der Waals surface area contributed by atoms with Crippen LogP contribution in [-0.2, 0) is 0 Å². The van der Waals surface area contributed by atoms with Gasteiger partial charge < -0.3 is 22.7 Å². The second kappa shape index (κ2) is 14.4. The molecule has 4 heterocycles. The molecule has 0 aliphatic carbocycles. The van der Waals surface area contributed by atoms with Gasteiger partial charge in [0.2, 0.25) is 5.43 Å². The molecule has 0 aliphatic rings. The molecule has 0 bridgehead atoms. The van der Waals surface area contributed by atoms with E-state index in [4.69, 9.17) is 13.3 Å². The number of aromatic nitrogens is 1. The fraction of sp³-hybridized carbons (Fsp3) is 0. The Morgan fingerprint density at radius 3 is 1.49 bits per heavy atom. The molecule has 0 unspecified atom stereocenters. The second-order valence-corrected chi connectivity index (χ2v) is 17.2. The van der Waals surface area contributed by atoms with E-state index in [9.17, 15) is 4.79 Å². The van der Waals surface area contributed by atoms with Crippen LogP contribution in [0.25, 0.3) is 116 Å². The monoisotopic (exact) mass is 860 g/mol. The van der Waals surface area contributed by atoms with Crippen LogP contribution < -0.4 is 10.3 Å². The normalized spacial score (nSPS) is 11.9. The molecule has 10 aromatic carbocycles. The van der Waals surface area contributed by atoms with Crippen molar-refractivity contribution in [1.82, 2.24) is 4.57 Å². The molecule has 14 aromatic rings. The molecule has 0 radical (unpaired) electrons. The van der Waals surface area contributed by atoms with E-state index in [0.29, 0.717) is 21.9 Å². The lowest BCUT2D eigenvalue weighted by atomic mass is 9.97. The van der Waals surface area contributed by atoms with Crippen molar-refractivity contribution >= 4 is 105 Å². The summed E-state index contributed by atoms with van der Waals surface area (Å²) in [4.78, 5) is 15.7. The number of hydrogen-bond donors (Lipinski definition) is 0. The lowest BCUT2D eigenvalue weighted by Gasteiger charge is -2.25. The standard InChI is InChI=1S/C61H36N2O4/c64-59-47-19-6-9-26-57(47)65-58-35-40(27-30-48(58)59)38-14-10-13-37(33-38)39-28-31-51-49(34-39)50-36-42(29-32-52(50)62(51)41-15-2-1-3-16-41)63(53-22-11-20-45-43-17-4-7-24-55(43)66-60(45)53)54-23-12-21-46-44-18-5-8-25-56(44)67-61(46)54/h1-36H. The lowest BCUT2D eigenvalue weighted by molar-refractivity contribution is 0.660. The van der Waals surface area contributed by atoms with Gasteiger partial charge in [0.25, 0.3) is 0 Å². The van der Waals surface area contributed by atoms with Gasteiger partial charge in [-0.15, -0.1) is 0 Å². The molecule has 6 heteroatoms. The Bertz CT molecular complexity index is 4270. The SMILES string of the molecule is O=c1c2ccccc2oc2cc(-c3cccc(-c4ccc5c(c4)c4cc(N(c6cccc7c6oc6ccccc67)c6cccc7c6oc6ccccc67)ccc4n5-c4ccccc4)c3)ccc12. The number of para-hydroxylation sites is 6. The van der Waals surface area contributed by atoms with Crippen LogP contribution in [0.5, 0.6) is 0 Å². The first-order valence-electron chi connectivity index (χ1n) is 22.4. The Hall–Kier alpha value is -9.13. The van der Waals surface area contributed by atoms with Gasteiger partial charge in [0.1, 0.15) is 22.3 Å². The molecule has 4 aromatic heterocycles. The minimum Gasteiger partial charge on any atom is -0.456 e. The summed E-state index contributed by atoms with van der Waals surface area (Å²) in [5.41, 5.74) is 14.6. The van der Waals surface area contributed by atoms with Gasteiger partial charge in [0.15, 0.2) is 11.2 Å². The maximum Gasteiger partial charge on any atom is 0.200 e. The molecule has 0 spiro atoms. The van der Waals surface area contributed by atoms with Gasteiger partial charge in [0, 0.05) is 43.7 Å². The molecule has 14 rings (SSSR count). The van der Waals surface area contributed by atoms with E-state index in [-0.39, 0.29) is 5.43 Å². The third-order valence-corrected chi connectivity index (χ3v) is 13.4. The third-order valence-electron chi connectivity index (χ3n) is 13.4. The van der Waals surface area contributed by atoms with Crippen LogP contribution in [0.15, 0.2) is 236 Å². The first-order valence-corrected chi connectivity index (χ1v) is 22.4. The highest BCUT2D eigenvalue weighted by molar-refractivity contribution is 6.16. The molecule has 0 N–H and O–H groups in total. The number of anilines is 3. The van der Waals surface area contributed by atoms with Crippen molar-refractivity contribution in [3.8, 4) is 27.9 Å². The predicted molar refractivity (Wildman–Crippen MR) is 274 cm³/mol. The van der Waals surface area contributed by atoms with Gasteiger partial charge in [-0.3, -0.25) is 4.79 Å². The Morgan fingerprint density at radius 1 is 0.328 bits per heavy atom. The minimum absolute atomic E-state index is 0.0236. The maximum atomic E-state index is 13.4. The molecule has 0 amide bonds. The van der Waals surface area contributed by atoms with E-state index in [0.717, 1.165) is 111 Å². The first kappa shape index (κ1) is 37.3. The van der Waals surface area contributed by atoms with E-state index in [1.165, 1.54) is 0 Å². The smallest absolute Gasteiger partial charge is 0.200 e. The fourth-order valence-electron chi connectivity index (χ4n) is 10.3. The van der Waals surface area contributed by atoms with Crippen LogP contribution in [0.1, 0.15) is 0 Å². The summed E-state index contributed by atoms with van der Waals surface area (Å²) in [5.74, 6) is 0. The van der Waals surface area contributed by atoms with E-state index < -0.39 is 0 Å². The molecule has 67 heavy (non-hydrogen) atoms. The average Bonchev–Trinajstić information content (AvgIpc) is 4.07. The molecule has 0 aliphatic heterocycles. The Labute approximate surface area is 382 Å². The van der Waals surface area contributed by atoms with E-state index in [1.807, 2.05) is 66.7 Å². The highest BCUT2D eigenvalue weighted by Gasteiger charge is 2.25. The number of hydrogen-bond acceptors (Lipinski definition) is 5. The lowest BCUT2D eigenvalue weighted by Crippen LogP contribution is -2.10. The highest BCUT2D eigenvalue weighted by atomic mass is 16.3. The van der Waals surface area contributed by atoms with Crippen LogP contribution in [0, 0.1) is 0 Å². The number of furan rings is 2. The van der Waals surface area contributed by atoms with Crippen molar-refractivity contribution in [2.45, 2.75) is 0 Å². The van der Waals surface area contributed by atoms with Crippen LogP contribution in [-0.4, -0.2) is 4.57 Å². The van der Waals surface area contributed by atoms with Gasteiger partial charge in [-0.25, -0.2) is 0 Å². The number of rotatable bonds is 6. The van der Waals surface area contributed by atoms with Gasteiger partial charge >= 0.3 is 0 Å². The van der Waals surface area contributed by atoms with Gasteiger partial charge in [-0.05, 0) is 119 Å². The fourth-order valence-corrected chi connectivity index (χ4v) is 10.3. The van der Waals surface area contributed by atoms with Crippen molar-refractivity contribution in [2.75, 3.05) is 4.90 Å². The van der Waals surface area contributed by atoms with Crippen molar-refractivity contribution in [3.63, 3.8) is 0 Å². The Morgan fingerprint density at radius 2 is 0.821 bits per heavy atom. The minimum atomic E-state index is -0.0236. The zero-order valence-corrected chi connectivity index (χ0v) is 35.8. The summed E-state index contributed by atoms with van der Waals surface area (Å²) in [6.45, 7) is 0. The molecule has 6 nitrogen and oxygen atoms in total. The zero-order valence-electron chi connectivity index (χ0n) is 35.8. The summed E-state index contributed by atoms with van der Waals surface area (Å²) in [6, 6.07) is 75.2. The molecule has 0 saturated heterocycles. The molecule has 0 saturated carbocycles. The summed E-state index contributed by atoms with van der Waals surface area (Å²) in [7, 11) is 0. The Kier molecular flexibility index (Phi) is 8.03. The molecular weight excluding hydrogens is 825 g/mol. The largest absolute Gasteiger partial charge is 0.456 e. The van der Waals surface area contributed by atoms with Crippen molar-refractivity contribution in [1.29, 1.82) is 0 Å². The number of benzene rings is 10. The Balaban J connectivity index is 0.980. The summed E-state index contributed by atoms with van der Waals surface area (Å²) in [6.07, 6.45) is 0. The number of fused-ring (bicyclic) bond motifs is 11. The van der Waals surface area contributed by atoms with Gasteiger partial charge in [0.05, 0.1) is 33.2 Å². The predicted octanol–water partition coefficient (Wildman–Crippen LogP) is 16.6.